The summed E-state index contributed by atoms with van der Waals surface area (Å²) in [6, 6.07) is 6.02. The Bertz CT molecular complexity index is 449. The maximum atomic E-state index is 11.9. The molecule has 3 heteroatoms. The van der Waals surface area contributed by atoms with E-state index in [0.717, 1.165) is 37.1 Å². The van der Waals surface area contributed by atoms with E-state index in [-0.39, 0.29) is 5.91 Å². The molecule has 1 aromatic carbocycles. The fourth-order valence-electron chi connectivity index (χ4n) is 2.30. The van der Waals surface area contributed by atoms with Crippen LogP contribution < -0.4 is 10.1 Å². The molecule has 0 bridgehead atoms. The van der Waals surface area contributed by atoms with Gasteiger partial charge >= 0.3 is 0 Å². The van der Waals surface area contributed by atoms with Crippen LogP contribution in [0, 0.1) is 0 Å². The summed E-state index contributed by atoms with van der Waals surface area (Å²) in [5.74, 6) is 0.844. The maximum absolute atomic E-state index is 11.9. The molecule has 0 aromatic heterocycles. The molecule has 1 spiro atoms. The lowest BCUT2D eigenvalue weighted by Crippen LogP contribution is -2.55. The van der Waals surface area contributed by atoms with Crippen LogP contribution in [0.1, 0.15) is 31.7 Å². The summed E-state index contributed by atoms with van der Waals surface area (Å²) >= 11 is 0. The number of carbonyl (C=O) groups is 1. The van der Waals surface area contributed by atoms with Crippen LogP contribution in [0.4, 0.5) is 5.69 Å². The number of ether oxygens (including phenoxy) is 1. The zero-order valence-corrected chi connectivity index (χ0v) is 9.38. The zero-order chi connectivity index (χ0) is 11.2. The zero-order valence-electron chi connectivity index (χ0n) is 9.38. The standard InChI is InChI=1S/C13H15NO2/c1-2-9-4-5-11-10(8-9)14-12(15)13(16-11)6-3-7-13/h4-5,8H,2-3,6-7H2,1H3,(H,14,15). The third-order valence-corrected chi connectivity index (χ3v) is 3.58. The molecular weight excluding hydrogens is 202 g/mol. The highest BCUT2D eigenvalue weighted by Gasteiger charge is 2.49. The number of benzene rings is 1. The number of hydrogen-bond donors (Lipinski definition) is 1. The highest BCUT2D eigenvalue weighted by Crippen LogP contribution is 2.43. The predicted octanol–water partition coefficient (Wildman–Crippen LogP) is 2.50. The van der Waals surface area contributed by atoms with Crippen LogP contribution in [0.25, 0.3) is 0 Å². The van der Waals surface area contributed by atoms with Crippen molar-refractivity contribution in [3.63, 3.8) is 0 Å². The van der Waals surface area contributed by atoms with E-state index in [1.807, 2.05) is 12.1 Å². The fraction of sp³-hybridized carbons (Fsp3) is 0.462. The monoisotopic (exact) mass is 217 g/mol. The number of aryl methyl sites for hydroxylation is 1. The number of fused-ring (bicyclic) bond motifs is 1. The molecule has 0 unspecified atom stereocenters. The van der Waals surface area contributed by atoms with Crippen LogP contribution in [0.15, 0.2) is 18.2 Å². The molecule has 1 aliphatic heterocycles. The smallest absolute Gasteiger partial charge is 0.268 e. The first-order valence-corrected chi connectivity index (χ1v) is 5.87. The number of carbonyl (C=O) groups excluding carboxylic acids is 1. The topological polar surface area (TPSA) is 38.3 Å². The van der Waals surface area contributed by atoms with Crippen LogP contribution in [-0.2, 0) is 11.2 Å². The number of anilines is 1. The summed E-state index contributed by atoms with van der Waals surface area (Å²) in [6.07, 6.45) is 3.73. The van der Waals surface area contributed by atoms with E-state index in [9.17, 15) is 4.79 Å². The van der Waals surface area contributed by atoms with E-state index in [4.69, 9.17) is 4.74 Å². The van der Waals surface area contributed by atoms with Crippen LogP contribution in [0.5, 0.6) is 5.75 Å². The average molecular weight is 217 g/mol. The molecule has 1 amide bonds. The first kappa shape index (κ1) is 9.70. The maximum Gasteiger partial charge on any atom is 0.268 e. The molecule has 3 nitrogen and oxygen atoms in total. The van der Waals surface area contributed by atoms with Gasteiger partial charge < -0.3 is 10.1 Å². The lowest BCUT2D eigenvalue weighted by Gasteiger charge is -2.43. The average Bonchev–Trinajstić information content (AvgIpc) is 2.25. The molecule has 3 rings (SSSR count). The Labute approximate surface area is 94.8 Å². The Kier molecular flexibility index (Phi) is 1.96. The van der Waals surface area contributed by atoms with Gasteiger partial charge in [-0.1, -0.05) is 13.0 Å². The van der Waals surface area contributed by atoms with Crippen molar-refractivity contribution in [1.29, 1.82) is 0 Å². The van der Waals surface area contributed by atoms with E-state index in [2.05, 4.69) is 18.3 Å². The molecule has 1 aromatic rings. The third-order valence-electron chi connectivity index (χ3n) is 3.58. The van der Waals surface area contributed by atoms with Crippen molar-refractivity contribution in [3.8, 4) is 5.75 Å². The number of hydrogen-bond acceptors (Lipinski definition) is 2. The summed E-state index contributed by atoms with van der Waals surface area (Å²) in [6.45, 7) is 2.10. The van der Waals surface area contributed by atoms with Crippen LogP contribution in [-0.4, -0.2) is 11.5 Å². The SMILES string of the molecule is CCc1ccc2c(c1)NC(=O)C1(CCC1)O2. The van der Waals surface area contributed by atoms with Gasteiger partial charge in [-0.3, -0.25) is 4.79 Å². The van der Waals surface area contributed by atoms with Gasteiger partial charge in [-0.2, -0.15) is 0 Å². The minimum atomic E-state index is -0.555. The van der Waals surface area contributed by atoms with Crippen molar-refractivity contribution in [3.05, 3.63) is 23.8 Å². The Morgan fingerprint density at radius 3 is 2.88 bits per heavy atom. The lowest BCUT2D eigenvalue weighted by atomic mass is 9.78. The van der Waals surface area contributed by atoms with Crippen molar-refractivity contribution in [1.82, 2.24) is 0 Å². The van der Waals surface area contributed by atoms with Crippen LogP contribution in [0.2, 0.25) is 0 Å². The summed E-state index contributed by atoms with van der Waals surface area (Å²) in [4.78, 5) is 11.9. The molecule has 2 aliphatic rings. The highest BCUT2D eigenvalue weighted by molar-refractivity contribution is 6.01. The molecule has 1 N–H and O–H groups in total. The Morgan fingerprint density at radius 1 is 1.44 bits per heavy atom. The Morgan fingerprint density at radius 2 is 2.25 bits per heavy atom. The molecule has 1 saturated carbocycles. The molecular formula is C13H15NO2. The second kappa shape index (κ2) is 3.24. The normalized spacial score (nSPS) is 20.7. The van der Waals surface area contributed by atoms with Crippen molar-refractivity contribution >= 4 is 11.6 Å². The summed E-state index contributed by atoms with van der Waals surface area (Å²) in [5.41, 5.74) is 1.48. The van der Waals surface area contributed by atoms with Gasteiger partial charge in [0.1, 0.15) is 5.75 Å². The predicted molar refractivity (Wildman–Crippen MR) is 61.7 cm³/mol. The second-order valence-corrected chi connectivity index (χ2v) is 4.59. The molecule has 84 valence electrons. The molecule has 0 atom stereocenters. The van der Waals surface area contributed by atoms with Gasteiger partial charge in [0.25, 0.3) is 5.91 Å². The summed E-state index contributed by atoms with van der Waals surface area (Å²) < 4.78 is 5.86. The van der Waals surface area contributed by atoms with E-state index in [1.54, 1.807) is 0 Å². The van der Waals surface area contributed by atoms with Gasteiger partial charge in [-0.15, -0.1) is 0 Å². The van der Waals surface area contributed by atoms with Gasteiger partial charge in [-0.05, 0) is 43.4 Å². The number of nitrogens with one attached hydrogen (secondary N) is 1. The van der Waals surface area contributed by atoms with E-state index in [1.165, 1.54) is 5.56 Å². The van der Waals surface area contributed by atoms with Gasteiger partial charge in [-0.25, -0.2) is 0 Å². The summed E-state index contributed by atoms with van der Waals surface area (Å²) in [5, 5.41) is 2.96. The molecule has 1 aliphatic carbocycles. The van der Waals surface area contributed by atoms with Crippen LogP contribution in [0.3, 0.4) is 0 Å². The van der Waals surface area contributed by atoms with E-state index >= 15 is 0 Å². The van der Waals surface area contributed by atoms with Gasteiger partial charge in [0.05, 0.1) is 5.69 Å². The quantitative estimate of drug-likeness (QED) is 0.784. The highest BCUT2D eigenvalue weighted by atomic mass is 16.5. The van der Waals surface area contributed by atoms with E-state index in [0.29, 0.717) is 0 Å². The van der Waals surface area contributed by atoms with Crippen molar-refractivity contribution in [2.45, 2.75) is 38.2 Å². The first-order valence-electron chi connectivity index (χ1n) is 5.87. The van der Waals surface area contributed by atoms with Crippen molar-refractivity contribution < 1.29 is 9.53 Å². The molecule has 16 heavy (non-hydrogen) atoms. The minimum Gasteiger partial charge on any atom is -0.475 e. The molecule has 0 saturated heterocycles. The van der Waals surface area contributed by atoms with Gasteiger partial charge in [0.15, 0.2) is 5.60 Å². The first-order chi connectivity index (χ1) is 7.73. The Hall–Kier alpha value is -1.51. The number of rotatable bonds is 1. The van der Waals surface area contributed by atoms with Crippen molar-refractivity contribution in [2.75, 3.05) is 5.32 Å². The summed E-state index contributed by atoms with van der Waals surface area (Å²) in [7, 11) is 0. The molecule has 1 heterocycles. The minimum absolute atomic E-state index is 0.0273. The second-order valence-electron chi connectivity index (χ2n) is 4.59. The van der Waals surface area contributed by atoms with Gasteiger partial charge in [0.2, 0.25) is 0 Å². The number of amides is 1. The Balaban J connectivity index is 1.98. The largest absolute Gasteiger partial charge is 0.475 e. The lowest BCUT2D eigenvalue weighted by molar-refractivity contribution is -0.139. The van der Waals surface area contributed by atoms with Crippen LogP contribution >= 0.6 is 0 Å². The third kappa shape index (κ3) is 1.24. The van der Waals surface area contributed by atoms with Gasteiger partial charge in [0, 0.05) is 0 Å². The van der Waals surface area contributed by atoms with E-state index < -0.39 is 5.60 Å². The fourth-order valence-corrected chi connectivity index (χ4v) is 2.30. The molecule has 0 radical (unpaired) electrons. The molecule has 1 fully saturated rings. The van der Waals surface area contributed by atoms with Crippen molar-refractivity contribution in [2.24, 2.45) is 0 Å².